The zero-order valence-electron chi connectivity index (χ0n) is 21.2. The van der Waals surface area contributed by atoms with Crippen LogP contribution in [0.3, 0.4) is 0 Å². The number of allylic oxidation sites excluding steroid dienone is 1. The van der Waals surface area contributed by atoms with Crippen molar-refractivity contribution in [3.8, 4) is 0 Å². The maximum absolute atomic E-state index is 12.5. The molecule has 0 saturated carbocycles. The molecule has 1 amide bonds. The predicted octanol–water partition coefficient (Wildman–Crippen LogP) is 3.11. The Morgan fingerprint density at radius 1 is 1.31 bits per heavy atom. The van der Waals surface area contributed by atoms with Gasteiger partial charge in [0.05, 0.1) is 13.0 Å². The fraction of sp³-hybridized carbons (Fsp3) is 0.565. The largest absolute Gasteiger partial charge is 0.491 e. The summed E-state index contributed by atoms with van der Waals surface area (Å²) >= 11 is 7.92. The molecule has 1 aromatic heterocycles. The van der Waals surface area contributed by atoms with E-state index in [0.29, 0.717) is 23.0 Å². The van der Waals surface area contributed by atoms with Crippen LogP contribution in [0.2, 0.25) is 0 Å². The third-order valence-corrected chi connectivity index (χ3v) is 7.52. The van der Waals surface area contributed by atoms with Crippen LogP contribution in [0.15, 0.2) is 22.5 Å². The lowest BCUT2D eigenvalue weighted by Gasteiger charge is -2.19. The van der Waals surface area contributed by atoms with E-state index in [0.717, 1.165) is 11.8 Å². The van der Waals surface area contributed by atoms with Crippen molar-refractivity contribution in [1.82, 2.24) is 10.3 Å². The van der Waals surface area contributed by atoms with Gasteiger partial charge in [-0.1, -0.05) is 19.9 Å². The Kier molecular flexibility index (Phi) is 11.9. The van der Waals surface area contributed by atoms with Crippen LogP contribution < -0.4 is 11.1 Å². The number of aromatic nitrogens is 1. The topological polar surface area (TPSA) is 150 Å². The molecule has 0 bridgehead atoms. The van der Waals surface area contributed by atoms with Gasteiger partial charge in [-0.25, -0.2) is 14.6 Å². The second-order valence-corrected chi connectivity index (χ2v) is 11.2. The second kappa shape index (κ2) is 14.2. The zero-order valence-corrected chi connectivity index (χ0v) is 23.6. The summed E-state index contributed by atoms with van der Waals surface area (Å²) in [4.78, 5) is 56.3. The number of alkyl halides is 4. The van der Waals surface area contributed by atoms with Crippen LogP contribution in [0.4, 0.5) is 13.2 Å². The molecule has 1 aliphatic heterocycles. The molecule has 3 N–H and O–H groups in total. The summed E-state index contributed by atoms with van der Waals surface area (Å²) in [7, 11) is 0. The maximum Gasteiger partial charge on any atom is 0.491 e. The first kappa shape index (κ1) is 32.7. The summed E-state index contributed by atoms with van der Waals surface area (Å²) in [6.07, 6.45) is -2.51. The van der Waals surface area contributed by atoms with Gasteiger partial charge in [0, 0.05) is 17.0 Å². The summed E-state index contributed by atoms with van der Waals surface area (Å²) in [6, 6.07) is -0.837. The molecule has 1 aliphatic rings. The standard InChI is InChI=1S/C23H28ClF3N4O6S2/c1-12(2)17(28)19(33)36-13(6-4-5-7-24)8-15(32)29-9-16-30-14(10-38-16)18-31-22(3,11-39-18)20(34)37-21(35)23(25,26)27/h4,6,10,12-13,17H,5,7-9,11,28H2,1-3H3,(H,29,32)/b6-4+/t13-,17+,22+/m1/s1. The molecule has 2 rings (SSSR count). The SMILES string of the molecule is CC(C)[C@H](N)C(=O)O[C@H](/C=C/CCCl)CC(=O)NCc1nc(C2=N[C@](C)(C(=O)OC(=O)C(F)(F)F)CS2)cs1. The molecule has 0 aliphatic carbocycles. The van der Waals surface area contributed by atoms with Gasteiger partial charge in [0.15, 0.2) is 5.54 Å². The number of amides is 1. The van der Waals surface area contributed by atoms with Crippen LogP contribution in [0, 0.1) is 5.92 Å². The number of nitrogens with two attached hydrogens (primary N) is 1. The number of carbonyl (C=O) groups is 4. The minimum atomic E-state index is -5.30. The third kappa shape index (κ3) is 9.89. The Bertz CT molecular complexity index is 1130. The molecule has 10 nitrogen and oxygen atoms in total. The average molecular weight is 613 g/mol. The van der Waals surface area contributed by atoms with Gasteiger partial charge in [0.1, 0.15) is 27.9 Å². The molecule has 3 atom stereocenters. The van der Waals surface area contributed by atoms with Gasteiger partial charge in [-0.2, -0.15) is 13.2 Å². The van der Waals surface area contributed by atoms with Crippen LogP contribution in [0.5, 0.6) is 0 Å². The van der Waals surface area contributed by atoms with Crippen LogP contribution in [-0.4, -0.2) is 69.3 Å². The summed E-state index contributed by atoms with van der Waals surface area (Å²) in [5.74, 6) is -4.91. The second-order valence-electron chi connectivity index (χ2n) is 8.91. The summed E-state index contributed by atoms with van der Waals surface area (Å²) in [5.41, 5.74) is 4.49. The van der Waals surface area contributed by atoms with Crippen molar-refractivity contribution in [2.45, 2.75) is 64.0 Å². The molecule has 2 heterocycles. The Morgan fingerprint density at radius 2 is 2.00 bits per heavy atom. The number of thiazole rings is 1. The number of halogens is 4. The van der Waals surface area contributed by atoms with Crippen molar-refractivity contribution in [2.24, 2.45) is 16.6 Å². The fourth-order valence-electron chi connectivity index (χ4n) is 2.86. The molecule has 0 radical (unpaired) electrons. The smallest absolute Gasteiger partial charge is 0.456 e. The molecule has 0 unspecified atom stereocenters. The molecular weight excluding hydrogens is 585 g/mol. The van der Waals surface area contributed by atoms with Crippen LogP contribution in [0.1, 0.15) is 44.3 Å². The highest BCUT2D eigenvalue weighted by atomic mass is 35.5. The van der Waals surface area contributed by atoms with E-state index in [4.69, 9.17) is 22.1 Å². The van der Waals surface area contributed by atoms with E-state index in [1.807, 2.05) is 0 Å². The number of nitrogens with zero attached hydrogens (tertiary/aromatic N) is 2. The van der Waals surface area contributed by atoms with Crippen LogP contribution >= 0.6 is 34.7 Å². The van der Waals surface area contributed by atoms with Crippen molar-refractivity contribution in [2.75, 3.05) is 11.6 Å². The highest BCUT2D eigenvalue weighted by molar-refractivity contribution is 8.14. The highest BCUT2D eigenvalue weighted by Gasteiger charge is 2.47. The van der Waals surface area contributed by atoms with Gasteiger partial charge in [-0.15, -0.1) is 34.7 Å². The number of rotatable bonds is 12. The molecule has 39 heavy (non-hydrogen) atoms. The van der Waals surface area contributed by atoms with Crippen LogP contribution in [0.25, 0.3) is 0 Å². The van der Waals surface area contributed by atoms with Crippen molar-refractivity contribution >= 4 is 63.6 Å². The Hall–Kier alpha value is -2.49. The maximum atomic E-state index is 12.5. The Labute approximate surface area is 235 Å². The predicted molar refractivity (Wildman–Crippen MR) is 140 cm³/mol. The molecule has 0 fully saturated rings. The van der Waals surface area contributed by atoms with E-state index in [2.05, 4.69) is 20.0 Å². The van der Waals surface area contributed by atoms with Gasteiger partial charge in [0.25, 0.3) is 0 Å². The number of nitrogens with one attached hydrogen (secondary N) is 1. The first-order valence-corrected chi connectivity index (χ1v) is 14.0. The van der Waals surface area contributed by atoms with E-state index < -0.39 is 47.7 Å². The van der Waals surface area contributed by atoms with Crippen molar-refractivity contribution < 1.29 is 41.8 Å². The van der Waals surface area contributed by atoms with Crippen molar-refractivity contribution in [3.63, 3.8) is 0 Å². The van der Waals surface area contributed by atoms with Crippen molar-refractivity contribution in [1.29, 1.82) is 0 Å². The van der Waals surface area contributed by atoms with Gasteiger partial charge in [-0.3, -0.25) is 14.6 Å². The Morgan fingerprint density at radius 3 is 2.62 bits per heavy atom. The van der Waals surface area contributed by atoms with E-state index in [-0.39, 0.29) is 29.7 Å². The number of hydrogen-bond donors (Lipinski definition) is 2. The molecular formula is C23H28ClF3N4O6S2. The summed E-state index contributed by atoms with van der Waals surface area (Å²) in [6.45, 7) is 4.84. The molecule has 216 valence electrons. The molecule has 0 spiro atoms. The lowest BCUT2D eigenvalue weighted by molar-refractivity contribution is -0.203. The monoisotopic (exact) mass is 612 g/mol. The van der Waals surface area contributed by atoms with E-state index in [9.17, 15) is 32.3 Å². The number of thioether (sulfide) groups is 1. The van der Waals surface area contributed by atoms with Gasteiger partial charge in [0.2, 0.25) is 5.91 Å². The number of ether oxygens (including phenoxy) is 2. The van der Waals surface area contributed by atoms with Gasteiger partial charge >= 0.3 is 24.1 Å². The quantitative estimate of drug-likeness (QED) is 0.157. The number of esters is 3. The minimum absolute atomic E-state index is 0.0401. The first-order valence-electron chi connectivity index (χ1n) is 11.6. The zero-order chi connectivity index (χ0) is 29.4. The normalized spacial score (nSPS) is 19.1. The number of hydrogen-bond acceptors (Lipinski definition) is 11. The summed E-state index contributed by atoms with van der Waals surface area (Å²) in [5, 5.41) is 5.05. The highest BCUT2D eigenvalue weighted by Crippen LogP contribution is 2.33. The molecule has 1 aromatic rings. The van der Waals surface area contributed by atoms with E-state index in [1.54, 1.807) is 31.4 Å². The minimum Gasteiger partial charge on any atom is -0.456 e. The lowest BCUT2D eigenvalue weighted by atomic mass is 10.1. The van der Waals surface area contributed by atoms with Gasteiger partial charge < -0.3 is 20.5 Å². The third-order valence-electron chi connectivity index (χ3n) is 5.17. The number of aliphatic imine (C=N–C) groups is 1. The molecule has 16 heteroatoms. The number of carbonyl (C=O) groups excluding carboxylic acids is 4. The van der Waals surface area contributed by atoms with Gasteiger partial charge in [-0.05, 0) is 25.3 Å². The van der Waals surface area contributed by atoms with E-state index in [1.165, 1.54) is 18.3 Å². The van der Waals surface area contributed by atoms with E-state index >= 15 is 0 Å². The Balaban J connectivity index is 1.98. The fourth-order valence-corrected chi connectivity index (χ4v) is 4.90. The molecule has 0 aromatic carbocycles. The summed E-state index contributed by atoms with van der Waals surface area (Å²) < 4.78 is 46.5. The van der Waals surface area contributed by atoms with Crippen molar-refractivity contribution in [3.05, 3.63) is 28.2 Å². The lowest BCUT2D eigenvalue weighted by Crippen LogP contribution is -2.40. The first-order chi connectivity index (χ1) is 18.2. The average Bonchev–Trinajstić information content (AvgIpc) is 3.49. The molecule has 0 saturated heterocycles. The van der Waals surface area contributed by atoms with Crippen LogP contribution in [-0.2, 0) is 35.2 Å².